The maximum atomic E-state index is 13.0. The Bertz CT molecular complexity index is 529. The molecule has 2 N–H and O–H groups in total. The van der Waals surface area contributed by atoms with E-state index < -0.39 is 15.3 Å². The van der Waals surface area contributed by atoms with Crippen LogP contribution in [-0.4, -0.2) is 26.3 Å². The molecular weight excluding hydrogens is 267 g/mol. The van der Waals surface area contributed by atoms with Crippen molar-refractivity contribution >= 4 is 15.7 Å². The van der Waals surface area contributed by atoms with E-state index in [2.05, 4.69) is 10.0 Å². The van der Waals surface area contributed by atoms with Crippen molar-refractivity contribution in [2.75, 3.05) is 11.3 Å². The Morgan fingerprint density at radius 2 is 1.89 bits per heavy atom. The number of hydrogen-bond donors (Lipinski definition) is 2. The second-order valence-corrected chi connectivity index (χ2v) is 7.08. The number of nitrogens with one attached hydrogen (secondary N) is 2. The van der Waals surface area contributed by atoms with E-state index in [9.17, 15) is 12.8 Å². The van der Waals surface area contributed by atoms with Crippen molar-refractivity contribution in [1.82, 2.24) is 5.32 Å². The number of rotatable bonds is 6. The maximum absolute atomic E-state index is 13.0. The summed E-state index contributed by atoms with van der Waals surface area (Å²) in [6.45, 7) is 7.58. The van der Waals surface area contributed by atoms with Gasteiger partial charge in [-0.1, -0.05) is 13.8 Å². The molecule has 0 saturated heterocycles. The van der Waals surface area contributed by atoms with E-state index in [1.165, 1.54) is 18.2 Å². The standard InChI is InChI=1S/C13H21FN2O2S/c1-9(2)15-8-11(4)19(17,18)16-13-6-5-12(14)7-10(13)3/h5-7,9,11,15-16H,8H2,1-4H3. The van der Waals surface area contributed by atoms with Gasteiger partial charge >= 0.3 is 0 Å². The molecular formula is C13H21FN2O2S. The molecule has 0 saturated carbocycles. The first-order chi connectivity index (χ1) is 8.72. The highest BCUT2D eigenvalue weighted by molar-refractivity contribution is 7.93. The lowest BCUT2D eigenvalue weighted by molar-refractivity contribution is 0.553. The maximum Gasteiger partial charge on any atom is 0.236 e. The number of sulfonamides is 1. The highest BCUT2D eigenvalue weighted by Crippen LogP contribution is 2.18. The van der Waals surface area contributed by atoms with Gasteiger partial charge in [-0.2, -0.15) is 0 Å². The van der Waals surface area contributed by atoms with E-state index in [-0.39, 0.29) is 11.9 Å². The fraction of sp³-hybridized carbons (Fsp3) is 0.538. The van der Waals surface area contributed by atoms with E-state index in [1.54, 1.807) is 13.8 Å². The van der Waals surface area contributed by atoms with Gasteiger partial charge in [-0.15, -0.1) is 0 Å². The topological polar surface area (TPSA) is 58.2 Å². The van der Waals surface area contributed by atoms with Gasteiger partial charge in [0.25, 0.3) is 0 Å². The fourth-order valence-electron chi connectivity index (χ4n) is 1.51. The van der Waals surface area contributed by atoms with Crippen LogP contribution in [0, 0.1) is 12.7 Å². The van der Waals surface area contributed by atoms with E-state index in [0.29, 0.717) is 17.8 Å². The first-order valence-corrected chi connectivity index (χ1v) is 7.78. The Balaban J connectivity index is 2.78. The monoisotopic (exact) mass is 288 g/mol. The molecule has 0 heterocycles. The van der Waals surface area contributed by atoms with Crippen LogP contribution in [0.5, 0.6) is 0 Å². The predicted octanol–water partition coefficient (Wildman–Crippen LogP) is 2.26. The Morgan fingerprint density at radius 3 is 2.42 bits per heavy atom. The molecule has 1 aromatic rings. The van der Waals surface area contributed by atoms with E-state index in [4.69, 9.17) is 0 Å². The molecule has 0 fully saturated rings. The molecule has 6 heteroatoms. The normalized spacial score (nSPS) is 13.6. The smallest absolute Gasteiger partial charge is 0.236 e. The second-order valence-electron chi connectivity index (χ2n) is 4.98. The van der Waals surface area contributed by atoms with Crippen LogP contribution < -0.4 is 10.0 Å². The zero-order chi connectivity index (χ0) is 14.6. The SMILES string of the molecule is Cc1cc(F)ccc1NS(=O)(=O)C(C)CNC(C)C. The Morgan fingerprint density at radius 1 is 1.26 bits per heavy atom. The highest BCUT2D eigenvalue weighted by atomic mass is 32.2. The summed E-state index contributed by atoms with van der Waals surface area (Å²) < 4.78 is 39.7. The summed E-state index contributed by atoms with van der Waals surface area (Å²) in [6, 6.07) is 4.20. The molecule has 19 heavy (non-hydrogen) atoms. The van der Waals surface area contributed by atoms with Gasteiger partial charge < -0.3 is 5.32 Å². The summed E-state index contributed by atoms with van der Waals surface area (Å²) in [5.41, 5.74) is 0.977. The molecule has 0 amide bonds. The predicted molar refractivity (Wildman–Crippen MR) is 76.3 cm³/mol. The lowest BCUT2D eigenvalue weighted by Gasteiger charge is -2.18. The molecule has 1 unspecified atom stereocenters. The van der Waals surface area contributed by atoms with Crippen LogP contribution in [0.25, 0.3) is 0 Å². The van der Waals surface area contributed by atoms with Gasteiger partial charge in [0.15, 0.2) is 0 Å². The Kier molecular flexibility index (Phi) is 5.31. The van der Waals surface area contributed by atoms with Crippen LogP contribution in [-0.2, 0) is 10.0 Å². The summed E-state index contributed by atoms with van der Waals surface area (Å²) in [5.74, 6) is -0.380. The van der Waals surface area contributed by atoms with Gasteiger partial charge in [0, 0.05) is 12.6 Å². The number of halogens is 1. The molecule has 0 bridgehead atoms. The van der Waals surface area contributed by atoms with Crippen molar-refractivity contribution in [3.8, 4) is 0 Å². The largest absolute Gasteiger partial charge is 0.313 e. The lowest BCUT2D eigenvalue weighted by Crippen LogP contribution is -2.37. The summed E-state index contributed by atoms with van der Waals surface area (Å²) in [6.07, 6.45) is 0. The molecule has 0 radical (unpaired) electrons. The third-order valence-corrected chi connectivity index (χ3v) is 4.51. The molecule has 0 spiro atoms. The summed E-state index contributed by atoms with van der Waals surface area (Å²) in [5, 5.41) is 2.51. The van der Waals surface area contributed by atoms with Crippen molar-refractivity contribution in [3.05, 3.63) is 29.6 Å². The molecule has 1 rings (SSSR count). The van der Waals surface area contributed by atoms with Gasteiger partial charge in [0.1, 0.15) is 5.82 Å². The first-order valence-electron chi connectivity index (χ1n) is 6.23. The van der Waals surface area contributed by atoms with Crippen molar-refractivity contribution in [3.63, 3.8) is 0 Å². The lowest BCUT2D eigenvalue weighted by atomic mass is 10.2. The van der Waals surface area contributed by atoms with E-state index in [0.717, 1.165) is 0 Å². The molecule has 0 aliphatic carbocycles. The minimum absolute atomic E-state index is 0.227. The third kappa shape index (κ3) is 4.80. The average molecular weight is 288 g/mol. The minimum Gasteiger partial charge on any atom is -0.313 e. The van der Waals surface area contributed by atoms with Crippen LogP contribution >= 0.6 is 0 Å². The number of anilines is 1. The zero-order valence-electron chi connectivity index (χ0n) is 11.7. The third-order valence-electron chi connectivity index (χ3n) is 2.78. The first kappa shape index (κ1) is 15.9. The summed E-state index contributed by atoms with van der Waals surface area (Å²) in [4.78, 5) is 0. The highest BCUT2D eigenvalue weighted by Gasteiger charge is 2.21. The quantitative estimate of drug-likeness (QED) is 0.844. The van der Waals surface area contributed by atoms with Crippen molar-refractivity contribution in [2.24, 2.45) is 0 Å². The molecule has 0 aliphatic rings. The summed E-state index contributed by atoms with van der Waals surface area (Å²) >= 11 is 0. The molecule has 1 aromatic carbocycles. The van der Waals surface area contributed by atoms with Crippen LogP contribution in [0.1, 0.15) is 26.3 Å². The molecule has 0 aromatic heterocycles. The fourth-order valence-corrected chi connectivity index (χ4v) is 2.56. The number of hydrogen-bond acceptors (Lipinski definition) is 3. The second kappa shape index (κ2) is 6.34. The molecule has 1 atom stereocenters. The van der Waals surface area contributed by atoms with E-state index in [1.807, 2.05) is 13.8 Å². The van der Waals surface area contributed by atoms with Crippen molar-refractivity contribution in [2.45, 2.75) is 39.0 Å². The van der Waals surface area contributed by atoms with Crippen LogP contribution in [0.15, 0.2) is 18.2 Å². The number of benzene rings is 1. The van der Waals surface area contributed by atoms with Crippen molar-refractivity contribution in [1.29, 1.82) is 0 Å². The van der Waals surface area contributed by atoms with Crippen LogP contribution in [0.3, 0.4) is 0 Å². The molecule has 4 nitrogen and oxygen atoms in total. The minimum atomic E-state index is -3.48. The van der Waals surface area contributed by atoms with Gasteiger partial charge in [-0.3, -0.25) is 4.72 Å². The van der Waals surface area contributed by atoms with Crippen molar-refractivity contribution < 1.29 is 12.8 Å². The Hall–Kier alpha value is -1.14. The molecule has 0 aliphatic heterocycles. The molecule has 108 valence electrons. The van der Waals surface area contributed by atoms with Crippen LogP contribution in [0.2, 0.25) is 0 Å². The van der Waals surface area contributed by atoms with E-state index >= 15 is 0 Å². The zero-order valence-corrected chi connectivity index (χ0v) is 12.5. The Labute approximate surface area is 114 Å². The summed E-state index contributed by atoms with van der Waals surface area (Å²) in [7, 11) is -3.48. The number of aryl methyl sites for hydroxylation is 1. The van der Waals surface area contributed by atoms with Crippen LogP contribution in [0.4, 0.5) is 10.1 Å². The van der Waals surface area contributed by atoms with Gasteiger partial charge in [-0.05, 0) is 37.6 Å². The average Bonchev–Trinajstić information content (AvgIpc) is 2.29. The van der Waals surface area contributed by atoms with Gasteiger partial charge in [0.2, 0.25) is 10.0 Å². The van der Waals surface area contributed by atoms with Gasteiger partial charge in [0.05, 0.1) is 10.9 Å². The van der Waals surface area contributed by atoms with Gasteiger partial charge in [-0.25, -0.2) is 12.8 Å².